The van der Waals surface area contributed by atoms with E-state index < -0.39 is 0 Å². The number of hydrogen-bond donors (Lipinski definition) is 1. The lowest BCUT2D eigenvalue weighted by molar-refractivity contribution is 0.0704. The van der Waals surface area contributed by atoms with E-state index >= 15 is 0 Å². The molecule has 3 atom stereocenters. The van der Waals surface area contributed by atoms with Crippen LogP contribution in [0.4, 0.5) is 0 Å². The number of piperidine rings is 1. The van der Waals surface area contributed by atoms with Crippen molar-refractivity contribution >= 4 is 0 Å². The predicted octanol–water partition coefficient (Wildman–Crippen LogP) is 2.63. The minimum Gasteiger partial charge on any atom is -0.330 e. The molecule has 0 bridgehead atoms. The van der Waals surface area contributed by atoms with Gasteiger partial charge in [0.1, 0.15) is 0 Å². The fourth-order valence-corrected chi connectivity index (χ4v) is 3.59. The molecule has 2 nitrogen and oxygen atoms in total. The molecule has 0 unspecified atom stereocenters. The van der Waals surface area contributed by atoms with Gasteiger partial charge in [0.05, 0.1) is 0 Å². The van der Waals surface area contributed by atoms with Crippen molar-refractivity contribution in [3.05, 3.63) is 35.9 Å². The molecule has 0 saturated carbocycles. The smallest absolute Gasteiger partial charge is 0.00726 e. The number of nitrogens with zero attached hydrogens (tertiary/aromatic N) is 1. The summed E-state index contributed by atoms with van der Waals surface area (Å²) in [5.74, 6) is 0.657. The minimum absolute atomic E-state index is 0.266. The summed E-state index contributed by atoms with van der Waals surface area (Å²) in [6.07, 6.45) is 2.31. The third-order valence-corrected chi connectivity index (χ3v) is 4.86. The van der Waals surface area contributed by atoms with Gasteiger partial charge in [0, 0.05) is 18.0 Å². The van der Waals surface area contributed by atoms with Crippen molar-refractivity contribution in [2.24, 2.45) is 11.7 Å². The Bertz CT molecular complexity index is 376. The van der Waals surface area contributed by atoms with Crippen molar-refractivity contribution in [1.29, 1.82) is 0 Å². The second-order valence-electron chi connectivity index (χ2n) is 5.95. The minimum atomic E-state index is 0.266. The molecule has 1 heterocycles. The first-order valence-electron chi connectivity index (χ1n) is 7.06. The predicted molar refractivity (Wildman–Crippen MR) is 77.7 cm³/mol. The second-order valence-corrected chi connectivity index (χ2v) is 5.95. The average molecular weight is 246 g/mol. The van der Waals surface area contributed by atoms with Crippen LogP contribution in [0.1, 0.15) is 32.3 Å². The van der Waals surface area contributed by atoms with Gasteiger partial charge in [0.2, 0.25) is 0 Å². The van der Waals surface area contributed by atoms with E-state index in [2.05, 4.69) is 56.1 Å². The van der Waals surface area contributed by atoms with E-state index in [4.69, 9.17) is 5.73 Å². The Morgan fingerprint density at radius 2 is 1.94 bits per heavy atom. The van der Waals surface area contributed by atoms with Crippen LogP contribution in [0.15, 0.2) is 30.3 Å². The maximum Gasteiger partial charge on any atom is 0.00726 e. The molecule has 0 amide bonds. The summed E-state index contributed by atoms with van der Waals surface area (Å²) in [6.45, 7) is 6.65. The van der Waals surface area contributed by atoms with Crippen molar-refractivity contribution in [2.45, 2.75) is 38.1 Å². The molecule has 1 aliphatic rings. The molecule has 1 aliphatic heterocycles. The quantitative estimate of drug-likeness (QED) is 0.888. The van der Waals surface area contributed by atoms with Gasteiger partial charge in [-0.3, -0.25) is 0 Å². The van der Waals surface area contributed by atoms with Crippen molar-refractivity contribution in [2.75, 3.05) is 20.1 Å². The number of nitrogens with two attached hydrogens (primary N) is 1. The number of benzene rings is 1. The highest BCUT2D eigenvalue weighted by Crippen LogP contribution is 2.43. The van der Waals surface area contributed by atoms with E-state index in [9.17, 15) is 0 Å². The molecule has 1 saturated heterocycles. The van der Waals surface area contributed by atoms with E-state index in [0.29, 0.717) is 12.0 Å². The molecular weight excluding hydrogens is 220 g/mol. The van der Waals surface area contributed by atoms with Gasteiger partial charge in [-0.25, -0.2) is 0 Å². The van der Waals surface area contributed by atoms with E-state index in [0.717, 1.165) is 19.5 Å². The van der Waals surface area contributed by atoms with E-state index in [1.165, 1.54) is 12.0 Å². The van der Waals surface area contributed by atoms with E-state index in [-0.39, 0.29) is 5.41 Å². The fourth-order valence-electron chi connectivity index (χ4n) is 3.59. The van der Waals surface area contributed by atoms with E-state index in [1.54, 1.807) is 0 Å². The van der Waals surface area contributed by atoms with Crippen LogP contribution in [0.2, 0.25) is 0 Å². The Morgan fingerprint density at radius 1 is 1.28 bits per heavy atom. The zero-order chi connectivity index (χ0) is 13.2. The Kier molecular flexibility index (Phi) is 4.08. The molecule has 0 aromatic heterocycles. The van der Waals surface area contributed by atoms with Gasteiger partial charge in [-0.05, 0) is 44.8 Å². The van der Waals surface area contributed by atoms with Gasteiger partial charge in [0.25, 0.3) is 0 Å². The van der Waals surface area contributed by atoms with Gasteiger partial charge < -0.3 is 10.6 Å². The Balaban J connectivity index is 2.37. The summed E-state index contributed by atoms with van der Waals surface area (Å²) in [6, 6.07) is 11.6. The van der Waals surface area contributed by atoms with Crippen LogP contribution in [0.25, 0.3) is 0 Å². The lowest BCUT2D eigenvalue weighted by Gasteiger charge is -2.49. The first-order chi connectivity index (χ1) is 8.60. The molecule has 100 valence electrons. The largest absolute Gasteiger partial charge is 0.330 e. The highest BCUT2D eigenvalue weighted by molar-refractivity contribution is 5.28. The zero-order valence-electron chi connectivity index (χ0n) is 11.9. The van der Waals surface area contributed by atoms with Gasteiger partial charge in [-0.15, -0.1) is 0 Å². The molecule has 0 spiro atoms. The van der Waals surface area contributed by atoms with Gasteiger partial charge in [-0.2, -0.15) is 0 Å². The normalized spacial score (nSPS) is 33.6. The molecule has 18 heavy (non-hydrogen) atoms. The summed E-state index contributed by atoms with van der Waals surface area (Å²) < 4.78 is 0. The van der Waals surface area contributed by atoms with Gasteiger partial charge in [0.15, 0.2) is 0 Å². The highest BCUT2D eigenvalue weighted by atomic mass is 15.1. The molecule has 2 heteroatoms. The highest BCUT2D eigenvalue weighted by Gasteiger charge is 2.42. The molecule has 2 N–H and O–H groups in total. The summed E-state index contributed by atoms with van der Waals surface area (Å²) in [5, 5.41) is 0. The number of likely N-dealkylation sites (tertiary alicyclic amines) is 1. The monoisotopic (exact) mass is 246 g/mol. The SMILES string of the molecule is C[C@@H]1CN(C)[C@@H](C)C[C@@]1(CCN)c1ccccc1. The Hall–Kier alpha value is -0.860. The molecule has 1 aromatic rings. The first-order valence-corrected chi connectivity index (χ1v) is 7.06. The van der Waals surface area contributed by atoms with Crippen molar-refractivity contribution < 1.29 is 0 Å². The van der Waals surface area contributed by atoms with Crippen LogP contribution in [0.5, 0.6) is 0 Å². The lowest BCUT2D eigenvalue weighted by atomic mass is 9.63. The Morgan fingerprint density at radius 3 is 2.56 bits per heavy atom. The van der Waals surface area contributed by atoms with Crippen molar-refractivity contribution in [1.82, 2.24) is 4.90 Å². The molecule has 1 aromatic carbocycles. The Labute approximate surface area is 111 Å². The molecule has 1 fully saturated rings. The van der Waals surface area contributed by atoms with Crippen molar-refractivity contribution in [3.63, 3.8) is 0 Å². The molecule has 0 aliphatic carbocycles. The average Bonchev–Trinajstić information content (AvgIpc) is 2.37. The topological polar surface area (TPSA) is 29.3 Å². The summed E-state index contributed by atoms with van der Waals surface area (Å²) in [7, 11) is 2.23. The first kappa shape index (κ1) is 13.6. The summed E-state index contributed by atoms with van der Waals surface area (Å²) in [4.78, 5) is 2.47. The van der Waals surface area contributed by atoms with E-state index in [1.807, 2.05) is 0 Å². The molecule has 2 rings (SSSR count). The molecule has 0 radical (unpaired) electrons. The summed E-state index contributed by atoms with van der Waals surface area (Å²) in [5.41, 5.74) is 7.65. The second kappa shape index (κ2) is 5.41. The third kappa shape index (κ3) is 2.32. The van der Waals surface area contributed by atoms with Crippen LogP contribution in [-0.4, -0.2) is 31.1 Å². The number of hydrogen-bond acceptors (Lipinski definition) is 2. The standard InChI is InChI=1S/C16H26N2/c1-13-12-18(3)14(2)11-16(13,9-10-17)15-7-5-4-6-8-15/h4-8,13-14H,9-12,17H2,1-3H3/t13-,14+,16-/m1/s1. The van der Waals surface area contributed by atoms with Crippen LogP contribution in [-0.2, 0) is 5.41 Å². The van der Waals surface area contributed by atoms with Gasteiger partial charge >= 0.3 is 0 Å². The van der Waals surface area contributed by atoms with Crippen molar-refractivity contribution in [3.8, 4) is 0 Å². The van der Waals surface area contributed by atoms with Crippen LogP contribution >= 0.6 is 0 Å². The maximum atomic E-state index is 5.91. The maximum absolute atomic E-state index is 5.91. The van der Waals surface area contributed by atoms with Crippen LogP contribution in [0.3, 0.4) is 0 Å². The third-order valence-electron chi connectivity index (χ3n) is 4.86. The zero-order valence-corrected chi connectivity index (χ0v) is 11.9. The number of rotatable bonds is 3. The summed E-state index contributed by atoms with van der Waals surface area (Å²) >= 11 is 0. The lowest BCUT2D eigenvalue weighted by Crippen LogP contribution is -2.52. The van der Waals surface area contributed by atoms with Crippen LogP contribution < -0.4 is 5.73 Å². The fraction of sp³-hybridized carbons (Fsp3) is 0.625. The molecular formula is C16H26N2. The van der Waals surface area contributed by atoms with Crippen LogP contribution in [0, 0.1) is 5.92 Å². The van der Waals surface area contributed by atoms with Gasteiger partial charge in [-0.1, -0.05) is 37.3 Å².